The van der Waals surface area contributed by atoms with Crippen LogP contribution in [0.1, 0.15) is 6.42 Å². The number of β-amino-alcohol motifs (C(OH)–C–C–N with tert-alkyl or cyclic N) is 1. The van der Waals surface area contributed by atoms with E-state index in [2.05, 4.69) is 4.98 Å². The molecule has 13 heavy (non-hydrogen) atoms. The number of hydrogen-bond donors (Lipinski definition) is 1. The molecule has 1 aliphatic rings. The second kappa shape index (κ2) is 3.30. The van der Waals surface area contributed by atoms with E-state index in [1.165, 1.54) is 12.3 Å². The lowest BCUT2D eigenvalue weighted by atomic mass is 10.3. The normalized spacial score (nSPS) is 22.3. The molecule has 0 aliphatic carbocycles. The van der Waals surface area contributed by atoms with E-state index >= 15 is 0 Å². The molecule has 1 unspecified atom stereocenters. The Kier molecular flexibility index (Phi) is 2.14. The summed E-state index contributed by atoms with van der Waals surface area (Å²) in [6, 6.07) is 3.01. The summed E-state index contributed by atoms with van der Waals surface area (Å²) < 4.78 is 12.5. The number of nitrogens with zero attached hydrogens (tertiary/aromatic N) is 2. The molecule has 1 aromatic heterocycles. The predicted molar refractivity (Wildman–Crippen MR) is 47.0 cm³/mol. The standard InChI is InChI=1S/C9H11FN2O/c10-7-1-2-9(11-5-7)12-4-3-8(13)6-12/h1-2,5,8,13H,3-4,6H2. The lowest BCUT2D eigenvalue weighted by molar-refractivity contribution is 0.198. The third kappa shape index (κ3) is 1.78. The molecule has 1 atom stereocenters. The predicted octanol–water partition coefficient (Wildman–Crippen LogP) is 0.792. The van der Waals surface area contributed by atoms with Crippen molar-refractivity contribution in [1.29, 1.82) is 0 Å². The first kappa shape index (κ1) is 8.44. The topological polar surface area (TPSA) is 36.4 Å². The minimum atomic E-state index is -0.330. The zero-order valence-corrected chi connectivity index (χ0v) is 7.15. The average molecular weight is 182 g/mol. The van der Waals surface area contributed by atoms with Gasteiger partial charge in [-0.05, 0) is 18.6 Å². The minimum absolute atomic E-state index is 0.271. The Labute approximate surface area is 75.8 Å². The molecule has 0 spiro atoms. The Balaban J connectivity index is 2.13. The van der Waals surface area contributed by atoms with Crippen molar-refractivity contribution in [3.8, 4) is 0 Å². The van der Waals surface area contributed by atoms with Gasteiger partial charge in [0.05, 0.1) is 12.3 Å². The lowest BCUT2D eigenvalue weighted by Crippen LogP contribution is -2.22. The van der Waals surface area contributed by atoms with E-state index in [0.29, 0.717) is 6.54 Å². The molecule has 0 amide bonds. The molecule has 1 fully saturated rings. The highest BCUT2D eigenvalue weighted by Crippen LogP contribution is 2.17. The van der Waals surface area contributed by atoms with E-state index in [0.717, 1.165) is 18.8 Å². The Bertz CT molecular complexity index is 288. The fourth-order valence-corrected chi connectivity index (χ4v) is 1.50. The summed E-state index contributed by atoms with van der Waals surface area (Å²) in [4.78, 5) is 5.88. The molecule has 4 heteroatoms. The Morgan fingerprint density at radius 1 is 1.54 bits per heavy atom. The van der Waals surface area contributed by atoms with Crippen LogP contribution in [0.4, 0.5) is 10.2 Å². The zero-order valence-electron chi connectivity index (χ0n) is 7.15. The largest absolute Gasteiger partial charge is 0.391 e. The van der Waals surface area contributed by atoms with E-state index < -0.39 is 0 Å². The van der Waals surface area contributed by atoms with Crippen LogP contribution in [0.25, 0.3) is 0 Å². The molecule has 2 rings (SSSR count). The van der Waals surface area contributed by atoms with Gasteiger partial charge in [0.25, 0.3) is 0 Å². The molecule has 1 saturated heterocycles. The van der Waals surface area contributed by atoms with E-state index in [-0.39, 0.29) is 11.9 Å². The van der Waals surface area contributed by atoms with Crippen molar-refractivity contribution in [2.45, 2.75) is 12.5 Å². The van der Waals surface area contributed by atoms with Crippen molar-refractivity contribution in [1.82, 2.24) is 4.98 Å². The number of anilines is 1. The maximum atomic E-state index is 12.5. The monoisotopic (exact) mass is 182 g/mol. The highest BCUT2D eigenvalue weighted by atomic mass is 19.1. The van der Waals surface area contributed by atoms with E-state index in [1.54, 1.807) is 6.07 Å². The molecule has 2 heterocycles. The number of aliphatic hydroxyl groups is 1. The van der Waals surface area contributed by atoms with Gasteiger partial charge in [0.1, 0.15) is 11.6 Å². The van der Waals surface area contributed by atoms with Crippen LogP contribution in [0, 0.1) is 5.82 Å². The smallest absolute Gasteiger partial charge is 0.141 e. The summed E-state index contributed by atoms with van der Waals surface area (Å²) in [5.41, 5.74) is 0. The van der Waals surface area contributed by atoms with Crippen molar-refractivity contribution in [2.75, 3.05) is 18.0 Å². The van der Waals surface area contributed by atoms with Gasteiger partial charge in [-0.2, -0.15) is 0 Å². The maximum Gasteiger partial charge on any atom is 0.141 e. The number of halogens is 1. The highest BCUT2D eigenvalue weighted by molar-refractivity contribution is 5.39. The van der Waals surface area contributed by atoms with Crippen LogP contribution in [0.3, 0.4) is 0 Å². The summed E-state index contributed by atoms with van der Waals surface area (Å²) in [6.45, 7) is 1.39. The number of aliphatic hydroxyl groups excluding tert-OH is 1. The van der Waals surface area contributed by atoms with E-state index in [9.17, 15) is 9.50 Å². The van der Waals surface area contributed by atoms with E-state index in [1.807, 2.05) is 4.90 Å². The summed E-state index contributed by atoms with van der Waals surface area (Å²) in [5.74, 6) is 0.404. The molecule has 70 valence electrons. The van der Waals surface area contributed by atoms with Crippen LogP contribution in [0.5, 0.6) is 0 Å². The number of pyridine rings is 1. The van der Waals surface area contributed by atoms with Crippen LogP contribution >= 0.6 is 0 Å². The van der Waals surface area contributed by atoms with Gasteiger partial charge in [0.15, 0.2) is 0 Å². The Morgan fingerprint density at radius 3 is 2.92 bits per heavy atom. The summed E-state index contributed by atoms with van der Waals surface area (Å²) in [6.07, 6.45) is 1.69. The van der Waals surface area contributed by atoms with Crippen molar-refractivity contribution < 1.29 is 9.50 Å². The quantitative estimate of drug-likeness (QED) is 0.697. The Hall–Kier alpha value is -1.16. The van der Waals surface area contributed by atoms with Crippen LogP contribution in [0.15, 0.2) is 18.3 Å². The second-order valence-electron chi connectivity index (χ2n) is 3.22. The van der Waals surface area contributed by atoms with Gasteiger partial charge in [0, 0.05) is 13.1 Å². The first-order valence-electron chi connectivity index (χ1n) is 4.30. The van der Waals surface area contributed by atoms with Gasteiger partial charge in [-0.15, -0.1) is 0 Å². The van der Waals surface area contributed by atoms with Crippen LogP contribution < -0.4 is 4.90 Å². The lowest BCUT2D eigenvalue weighted by Gasteiger charge is -2.15. The van der Waals surface area contributed by atoms with Crippen LogP contribution in [0.2, 0.25) is 0 Å². The van der Waals surface area contributed by atoms with Crippen molar-refractivity contribution in [3.05, 3.63) is 24.1 Å². The molecule has 0 radical (unpaired) electrons. The van der Waals surface area contributed by atoms with E-state index in [4.69, 9.17) is 0 Å². The van der Waals surface area contributed by atoms with Gasteiger partial charge in [-0.25, -0.2) is 9.37 Å². The van der Waals surface area contributed by atoms with Crippen molar-refractivity contribution in [3.63, 3.8) is 0 Å². The first-order chi connectivity index (χ1) is 6.25. The average Bonchev–Trinajstić information content (AvgIpc) is 2.53. The minimum Gasteiger partial charge on any atom is -0.391 e. The van der Waals surface area contributed by atoms with Gasteiger partial charge >= 0.3 is 0 Å². The Morgan fingerprint density at radius 2 is 2.38 bits per heavy atom. The summed E-state index contributed by atoms with van der Waals surface area (Å²) in [7, 11) is 0. The second-order valence-corrected chi connectivity index (χ2v) is 3.22. The fraction of sp³-hybridized carbons (Fsp3) is 0.444. The molecule has 0 bridgehead atoms. The first-order valence-corrected chi connectivity index (χ1v) is 4.30. The molecular formula is C9H11FN2O. The summed E-state index contributed by atoms with van der Waals surface area (Å²) >= 11 is 0. The molecule has 1 N–H and O–H groups in total. The van der Waals surface area contributed by atoms with Gasteiger partial charge in [-0.3, -0.25) is 0 Å². The molecule has 1 aliphatic heterocycles. The van der Waals surface area contributed by atoms with Crippen LogP contribution in [-0.4, -0.2) is 29.3 Å². The van der Waals surface area contributed by atoms with Crippen molar-refractivity contribution >= 4 is 5.82 Å². The zero-order chi connectivity index (χ0) is 9.26. The van der Waals surface area contributed by atoms with Gasteiger partial charge < -0.3 is 10.0 Å². The van der Waals surface area contributed by atoms with Crippen LogP contribution in [-0.2, 0) is 0 Å². The SMILES string of the molecule is OC1CCN(c2ccc(F)cn2)C1. The number of rotatable bonds is 1. The molecule has 0 aromatic carbocycles. The highest BCUT2D eigenvalue weighted by Gasteiger charge is 2.20. The van der Waals surface area contributed by atoms with Gasteiger partial charge in [-0.1, -0.05) is 0 Å². The maximum absolute atomic E-state index is 12.5. The third-order valence-corrected chi connectivity index (χ3v) is 2.20. The molecule has 0 saturated carbocycles. The van der Waals surface area contributed by atoms with Gasteiger partial charge in [0.2, 0.25) is 0 Å². The fourth-order valence-electron chi connectivity index (χ4n) is 1.50. The number of hydrogen-bond acceptors (Lipinski definition) is 3. The molecule has 1 aromatic rings. The summed E-state index contributed by atoms with van der Waals surface area (Å²) in [5, 5.41) is 9.27. The molecular weight excluding hydrogens is 171 g/mol. The third-order valence-electron chi connectivity index (χ3n) is 2.20. The molecule has 3 nitrogen and oxygen atoms in total. The number of aromatic nitrogens is 1. The van der Waals surface area contributed by atoms with Crippen molar-refractivity contribution in [2.24, 2.45) is 0 Å².